The summed E-state index contributed by atoms with van der Waals surface area (Å²) in [5.41, 5.74) is 4.05. The van der Waals surface area contributed by atoms with Gasteiger partial charge in [-0.15, -0.1) is 0 Å². The molecule has 0 unspecified atom stereocenters. The molecule has 2 aromatic carbocycles. The molecular weight excluding hydrogens is 384 g/mol. The molecule has 1 aromatic heterocycles. The molecule has 30 heavy (non-hydrogen) atoms. The molecule has 1 aliphatic carbocycles. The second-order valence-corrected chi connectivity index (χ2v) is 7.44. The quantitative estimate of drug-likeness (QED) is 0.554. The minimum absolute atomic E-state index is 0.220. The molecule has 6 nitrogen and oxygen atoms in total. The molecule has 0 bridgehead atoms. The number of hydrogen-bond donors (Lipinski definition) is 0. The van der Waals surface area contributed by atoms with E-state index in [1.165, 1.54) is 0 Å². The maximum atomic E-state index is 12.5. The molecule has 0 amide bonds. The molecular formula is C24H26O6. The molecule has 0 spiro atoms. The van der Waals surface area contributed by atoms with Crippen LogP contribution in [0.3, 0.4) is 0 Å². The number of rotatable bonds is 6. The van der Waals surface area contributed by atoms with Crippen LogP contribution in [-0.2, 0) is 19.4 Å². The van der Waals surface area contributed by atoms with E-state index in [2.05, 4.69) is 0 Å². The predicted octanol–water partition coefficient (Wildman–Crippen LogP) is 4.59. The molecule has 4 rings (SSSR count). The Balaban J connectivity index is 1.67. The first-order valence-electron chi connectivity index (χ1n) is 10.1. The number of benzene rings is 2. The minimum atomic E-state index is -0.220. The van der Waals surface area contributed by atoms with Crippen molar-refractivity contribution >= 4 is 11.0 Å². The van der Waals surface area contributed by atoms with Crippen molar-refractivity contribution in [3.05, 3.63) is 56.9 Å². The maximum Gasteiger partial charge on any atom is 0.339 e. The van der Waals surface area contributed by atoms with Gasteiger partial charge in [-0.1, -0.05) is 0 Å². The third-order valence-electron chi connectivity index (χ3n) is 5.71. The van der Waals surface area contributed by atoms with Crippen molar-refractivity contribution in [2.45, 2.75) is 39.2 Å². The molecule has 1 aliphatic rings. The number of methoxy groups -OCH3 is 3. The van der Waals surface area contributed by atoms with Gasteiger partial charge in [0.05, 0.1) is 21.3 Å². The van der Waals surface area contributed by atoms with Gasteiger partial charge < -0.3 is 23.4 Å². The van der Waals surface area contributed by atoms with E-state index in [9.17, 15) is 4.79 Å². The molecule has 0 saturated heterocycles. The van der Waals surface area contributed by atoms with Gasteiger partial charge in [0.25, 0.3) is 0 Å². The Morgan fingerprint density at radius 2 is 1.57 bits per heavy atom. The van der Waals surface area contributed by atoms with E-state index in [4.69, 9.17) is 23.4 Å². The molecule has 0 fully saturated rings. The SMILES string of the molecule is COc1cc(COc2ccc3c4c(c(=O)oc3c2C)CCCC4)cc(OC)c1OC. The molecule has 3 aromatic rings. The lowest BCUT2D eigenvalue weighted by Gasteiger charge is -2.18. The van der Waals surface area contributed by atoms with Gasteiger partial charge in [-0.3, -0.25) is 0 Å². The van der Waals surface area contributed by atoms with E-state index in [-0.39, 0.29) is 5.63 Å². The van der Waals surface area contributed by atoms with Gasteiger partial charge in [0, 0.05) is 16.5 Å². The third kappa shape index (κ3) is 3.47. The van der Waals surface area contributed by atoms with Crippen molar-refractivity contribution in [1.82, 2.24) is 0 Å². The van der Waals surface area contributed by atoms with Crippen LogP contribution in [0.5, 0.6) is 23.0 Å². The van der Waals surface area contributed by atoms with Crippen molar-refractivity contribution in [2.75, 3.05) is 21.3 Å². The molecule has 158 valence electrons. The minimum Gasteiger partial charge on any atom is -0.493 e. The van der Waals surface area contributed by atoms with Crippen LogP contribution in [-0.4, -0.2) is 21.3 Å². The summed E-state index contributed by atoms with van der Waals surface area (Å²) in [6.07, 6.45) is 3.86. The molecule has 6 heteroatoms. The predicted molar refractivity (Wildman–Crippen MR) is 114 cm³/mol. The zero-order valence-electron chi connectivity index (χ0n) is 17.8. The van der Waals surface area contributed by atoms with Gasteiger partial charge in [0.2, 0.25) is 5.75 Å². The maximum absolute atomic E-state index is 12.5. The van der Waals surface area contributed by atoms with Gasteiger partial charge >= 0.3 is 5.63 Å². The van der Waals surface area contributed by atoms with E-state index in [0.29, 0.717) is 35.2 Å². The fraction of sp³-hybridized carbons (Fsp3) is 0.375. The lowest BCUT2D eigenvalue weighted by atomic mass is 9.90. The van der Waals surface area contributed by atoms with Crippen LogP contribution in [0, 0.1) is 6.92 Å². The van der Waals surface area contributed by atoms with Gasteiger partial charge in [-0.2, -0.15) is 0 Å². The summed E-state index contributed by atoms with van der Waals surface area (Å²) < 4.78 is 28.0. The van der Waals surface area contributed by atoms with Crippen molar-refractivity contribution in [2.24, 2.45) is 0 Å². The number of fused-ring (bicyclic) bond motifs is 3. The number of hydrogen-bond acceptors (Lipinski definition) is 6. The smallest absolute Gasteiger partial charge is 0.339 e. The monoisotopic (exact) mass is 410 g/mol. The Hall–Kier alpha value is -3.15. The molecule has 0 radical (unpaired) electrons. The van der Waals surface area contributed by atoms with Crippen molar-refractivity contribution in [3.63, 3.8) is 0 Å². The van der Waals surface area contributed by atoms with Crippen molar-refractivity contribution < 1.29 is 23.4 Å². The topological polar surface area (TPSA) is 67.1 Å². The fourth-order valence-electron chi connectivity index (χ4n) is 4.16. The normalized spacial score (nSPS) is 13.1. The van der Waals surface area contributed by atoms with E-state index < -0.39 is 0 Å². The summed E-state index contributed by atoms with van der Waals surface area (Å²) in [5.74, 6) is 2.36. The standard InChI is InChI=1S/C24H26O6/c1-14-19(29-13-15-11-20(26-2)23(28-4)21(12-15)27-3)10-9-17-16-7-5-6-8-18(16)24(25)30-22(14)17/h9-12H,5-8,13H2,1-4H3. The first kappa shape index (κ1) is 20.1. The largest absolute Gasteiger partial charge is 0.493 e. The Kier molecular flexibility index (Phi) is 5.57. The van der Waals surface area contributed by atoms with Crippen LogP contribution in [0.4, 0.5) is 0 Å². The summed E-state index contributed by atoms with van der Waals surface area (Å²) in [4.78, 5) is 12.5. The van der Waals surface area contributed by atoms with E-state index >= 15 is 0 Å². The van der Waals surface area contributed by atoms with E-state index in [1.807, 2.05) is 31.2 Å². The Morgan fingerprint density at radius 1 is 0.900 bits per heavy atom. The van der Waals surface area contributed by atoms with Gasteiger partial charge in [-0.05, 0) is 68.0 Å². The van der Waals surface area contributed by atoms with Gasteiger partial charge in [0.15, 0.2) is 11.5 Å². The molecule has 0 N–H and O–H groups in total. The zero-order valence-corrected chi connectivity index (χ0v) is 17.8. The summed E-state index contributed by atoms with van der Waals surface area (Å²) >= 11 is 0. The number of aryl methyl sites for hydroxylation is 2. The molecule has 0 atom stereocenters. The van der Waals surface area contributed by atoms with Crippen LogP contribution < -0.4 is 24.6 Å². The Bertz CT molecular complexity index is 1120. The molecule has 1 heterocycles. The average Bonchev–Trinajstić information content (AvgIpc) is 2.78. The van der Waals surface area contributed by atoms with Crippen molar-refractivity contribution in [1.29, 1.82) is 0 Å². The van der Waals surface area contributed by atoms with Crippen molar-refractivity contribution in [3.8, 4) is 23.0 Å². The van der Waals surface area contributed by atoms with Gasteiger partial charge in [0.1, 0.15) is 17.9 Å². The third-order valence-corrected chi connectivity index (χ3v) is 5.71. The first-order valence-corrected chi connectivity index (χ1v) is 10.1. The van der Waals surface area contributed by atoms with E-state index in [1.54, 1.807) is 21.3 Å². The zero-order chi connectivity index (χ0) is 21.3. The average molecular weight is 410 g/mol. The van der Waals surface area contributed by atoms with E-state index in [0.717, 1.165) is 53.3 Å². The highest BCUT2D eigenvalue weighted by atomic mass is 16.5. The van der Waals surface area contributed by atoms with Crippen LogP contribution in [0.25, 0.3) is 11.0 Å². The Labute approximate surface area is 175 Å². The highest BCUT2D eigenvalue weighted by Crippen LogP contribution is 2.39. The van der Waals surface area contributed by atoms with Crippen LogP contribution >= 0.6 is 0 Å². The Morgan fingerprint density at radius 3 is 2.20 bits per heavy atom. The first-order chi connectivity index (χ1) is 14.6. The summed E-state index contributed by atoms with van der Waals surface area (Å²) in [6, 6.07) is 7.66. The summed E-state index contributed by atoms with van der Waals surface area (Å²) in [6.45, 7) is 2.23. The lowest BCUT2D eigenvalue weighted by Crippen LogP contribution is -2.16. The highest BCUT2D eigenvalue weighted by molar-refractivity contribution is 5.86. The highest BCUT2D eigenvalue weighted by Gasteiger charge is 2.20. The second kappa shape index (κ2) is 8.30. The fourth-order valence-corrected chi connectivity index (χ4v) is 4.16. The number of ether oxygens (including phenoxy) is 4. The summed E-state index contributed by atoms with van der Waals surface area (Å²) in [5, 5.41) is 1.02. The lowest BCUT2D eigenvalue weighted by molar-refractivity contribution is 0.297. The van der Waals surface area contributed by atoms with Crippen LogP contribution in [0.1, 0.15) is 35.1 Å². The second-order valence-electron chi connectivity index (χ2n) is 7.44. The molecule has 0 saturated carbocycles. The molecule has 0 aliphatic heterocycles. The van der Waals surface area contributed by atoms with Crippen LogP contribution in [0.2, 0.25) is 0 Å². The van der Waals surface area contributed by atoms with Gasteiger partial charge in [-0.25, -0.2) is 4.79 Å². The van der Waals surface area contributed by atoms with Crippen LogP contribution in [0.15, 0.2) is 33.5 Å². The summed E-state index contributed by atoms with van der Waals surface area (Å²) in [7, 11) is 4.73.